The Bertz CT molecular complexity index is 1940. The number of alkyl halides is 6. The van der Waals surface area contributed by atoms with Crippen molar-refractivity contribution in [1.82, 2.24) is 14.8 Å². The first kappa shape index (κ1) is 43.1. The van der Waals surface area contributed by atoms with Crippen LogP contribution < -0.4 is 9.80 Å². The molecule has 15 heteroatoms. The maximum atomic E-state index is 14.5. The van der Waals surface area contributed by atoms with E-state index >= 15 is 0 Å². The molecule has 2 amide bonds. The minimum Gasteiger partial charge on any atom is -0.354 e. The number of rotatable bonds is 7. The average Bonchev–Trinajstić information content (AvgIpc) is 3.08. The summed E-state index contributed by atoms with van der Waals surface area (Å²) in [6.45, 7) is 20.7. The SMILES string of the molecule is CC(=O)N1CCN2C[C@H](C[Si-](C)(C)C(C)(C)C)N(c3cc(-c4ccc(F)cc4C)c(N(C)C(=O)C(C)(C)c4cc(C(F)(F)F)cc(C(F)(F)F)c4)cn3)CC2C1. The van der Waals surface area contributed by atoms with E-state index in [0.717, 1.165) is 19.1 Å². The number of aromatic nitrogens is 1. The van der Waals surface area contributed by atoms with Crippen molar-refractivity contribution in [3.63, 3.8) is 0 Å². The Labute approximate surface area is 325 Å². The molecule has 0 aliphatic carbocycles. The Morgan fingerprint density at radius 3 is 1.96 bits per heavy atom. The molecule has 5 rings (SSSR count). The predicted molar refractivity (Wildman–Crippen MR) is 208 cm³/mol. The van der Waals surface area contributed by atoms with Crippen LogP contribution in [-0.2, 0) is 27.4 Å². The number of halogens is 7. The number of likely N-dealkylation sites (N-methyl/N-ethyl adjacent to an activating group) is 1. The number of aryl methyl sites for hydroxylation is 1. The van der Waals surface area contributed by atoms with E-state index in [-0.39, 0.29) is 34.8 Å². The number of carbonyl (C=O) groups is 2. The number of amides is 2. The lowest BCUT2D eigenvalue weighted by Gasteiger charge is -2.56. The fourth-order valence-electron chi connectivity index (χ4n) is 7.66. The summed E-state index contributed by atoms with van der Waals surface area (Å²) in [5.41, 5.74) is -3.51. The third kappa shape index (κ3) is 8.78. The lowest BCUT2D eigenvalue weighted by atomic mass is 9.81. The summed E-state index contributed by atoms with van der Waals surface area (Å²) in [6, 6.07) is 8.26. The molecule has 7 nitrogen and oxygen atoms in total. The Kier molecular flexibility index (Phi) is 11.6. The number of pyridine rings is 1. The quantitative estimate of drug-likeness (QED) is 0.176. The van der Waals surface area contributed by atoms with Crippen molar-refractivity contribution < 1.29 is 40.3 Å². The standard InChI is InChI=1S/C41H52F7N5O2Si/c1-25-15-30(42)11-12-33(25)34-19-36(53-23-31-21-51(26(2)54)13-14-52(31)22-32(53)24-56(9,10)38(3,4)5)49-20-35(34)50(8)37(55)39(6,7)27-16-28(40(43,44)45)18-29(17-27)41(46,47)48/h11-12,15-20,31-32H,13-14,21-24H2,1-10H3/q-1/t31?,32-/m1/s1. The highest BCUT2D eigenvalue weighted by molar-refractivity contribution is 6.80. The lowest BCUT2D eigenvalue weighted by Crippen LogP contribution is -2.66. The zero-order chi connectivity index (χ0) is 41.9. The van der Waals surface area contributed by atoms with Crippen molar-refractivity contribution in [3.05, 3.63) is 76.7 Å². The molecule has 3 aromatic rings. The van der Waals surface area contributed by atoms with Gasteiger partial charge in [0.25, 0.3) is 0 Å². The van der Waals surface area contributed by atoms with Gasteiger partial charge in [0, 0.05) is 64.3 Å². The van der Waals surface area contributed by atoms with Gasteiger partial charge in [0.2, 0.25) is 11.8 Å². The summed E-state index contributed by atoms with van der Waals surface area (Å²) >= 11 is 0. The molecule has 2 saturated heterocycles. The van der Waals surface area contributed by atoms with Gasteiger partial charge in [0.15, 0.2) is 0 Å². The van der Waals surface area contributed by atoms with E-state index in [1.807, 2.05) is 11.0 Å². The smallest absolute Gasteiger partial charge is 0.354 e. The zero-order valence-electron chi connectivity index (χ0n) is 33.7. The summed E-state index contributed by atoms with van der Waals surface area (Å²) in [6.07, 6.45) is -8.69. The Morgan fingerprint density at radius 2 is 1.43 bits per heavy atom. The van der Waals surface area contributed by atoms with Crippen molar-refractivity contribution in [3.8, 4) is 11.1 Å². The van der Waals surface area contributed by atoms with Gasteiger partial charge in [0.1, 0.15) is 11.6 Å². The number of anilines is 2. The molecular formula is C41H52F7N5O2Si-. The number of nitrogens with zero attached hydrogens (tertiary/aromatic N) is 5. The Balaban J connectivity index is 1.63. The summed E-state index contributed by atoms with van der Waals surface area (Å²) < 4.78 is 97.6. The maximum Gasteiger partial charge on any atom is 0.416 e. The molecule has 307 valence electrons. The van der Waals surface area contributed by atoms with E-state index in [1.165, 1.54) is 44.1 Å². The van der Waals surface area contributed by atoms with Gasteiger partial charge in [-0.05, 0) is 73.9 Å². The highest BCUT2D eigenvalue weighted by Crippen LogP contribution is 2.44. The Hall–Kier alpha value is -3.98. The maximum absolute atomic E-state index is 14.5. The molecule has 1 aromatic heterocycles. The van der Waals surface area contributed by atoms with Crippen molar-refractivity contribution in [2.75, 3.05) is 49.6 Å². The molecule has 2 fully saturated rings. The van der Waals surface area contributed by atoms with Gasteiger partial charge in [0.05, 0.1) is 28.4 Å². The zero-order valence-corrected chi connectivity index (χ0v) is 34.7. The van der Waals surface area contributed by atoms with Crippen molar-refractivity contribution in [2.24, 2.45) is 0 Å². The van der Waals surface area contributed by atoms with E-state index < -0.39 is 54.3 Å². The number of fused-ring (bicyclic) bond motifs is 1. The van der Waals surface area contributed by atoms with Crippen LogP contribution in [0.5, 0.6) is 0 Å². The number of hydrogen-bond acceptors (Lipinski definition) is 5. The predicted octanol–water partition coefficient (Wildman–Crippen LogP) is 9.40. The fraction of sp³-hybridized carbons (Fsp3) is 0.537. The van der Waals surface area contributed by atoms with Crippen molar-refractivity contribution in [2.45, 2.75) is 102 Å². The largest absolute Gasteiger partial charge is 0.416 e. The van der Waals surface area contributed by atoms with Gasteiger partial charge >= 0.3 is 12.4 Å². The molecule has 0 spiro atoms. The molecule has 1 unspecified atom stereocenters. The van der Waals surface area contributed by atoms with Crippen LogP contribution in [0.25, 0.3) is 11.1 Å². The first-order valence-electron chi connectivity index (χ1n) is 18.7. The van der Waals surface area contributed by atoms with Crippen LogP contribution in [-0.4, -0.2) is 86.5 Å². The second-order valence-corrected chi connectivity index (χ2v) is 23.2. The molecule has 0 saturated carbocycles. The molecular weight excluding hydrogens is 756 g/mol. The van der Waals surface area contributed by atoms with Crippen molar-refractivity contribution >= 4 is 31.4 Å². The summed E-state index contributed by atoms with van der Waals surface area (Å²) in [5, 5.41) is 0.0902. The topological polar surface area (TPSA) is 60.0 Å². The highest BCUT2D eigenvalue weighted by Gasteiger charge is 2.43. The third-order valence-corrected chi connectivity index (χ3v) is 17.8. The van der Waals surface area contributed by atoms with Crippen LogP contribution >= 0.6 is 0 Å². The number of piperazine rings is 2. The van der Waals surface area contributed by atoms with Gasteiger partial charge in [-0.15, -0.1) is 19.2 Å². The molecule has 2 aromatic carbocycles. The molecule has 0 bridgehead atoms. The van der Waals surface area contributed by atoms with E-state index in [1.54, 1.807) is 19.9 Å². The Morgan fingerprint density at radius 1 is 0.839 bits per heavy atom. The summed E-state index contributed by atoms with van der Waals surface area (Å²) in [4.78, 5) is 39.4. The molecule has 56 heavy (non-hydrogen) atoms. The molecule has 2 aliphatic heterocycles. The van der Waals surface area contributed by atoms with Gasteiger partial charge < -0.3 is 14.7 Å². The van der Waals surface area contributed by atoms with Gasteiger partial charge in [-0.1, -0.05) is 26.8 Å². The van der Waals surface area contributed by atoms with Crippen LogP contribution in [0, 0.1) is 12.7 Å². The van der Waals surface area contributed by atoms with Gasteiger partial charge in [-0.25, -0.2) is 9.37 Å². The van der Waals surface area contributed by atoms with E-state index in [2.05, 4.69) is 43.7 Å². The summed E-state index contributed by atoms with van der Waals surface area (Å²) in [5.74, 6) is -0.651. The fourth-order valence-corrected chi connectivity index (χ4v) is 9.80. The van der Waals surface area contributed by atoms with E-state index in [4.69, 9.17) is 4.98 Å². The molecule has 2 aliphatic rings. The molecule has 0 N–H and O–H groups in total. The van der Waals surface area contributed by atoms with Crippen molar-refractivity contribution in [1.29, 1.82) is 0 Å². The number of hydrogen-bond donors (Lipinski definition) is 0. The lowest BCUT2D eigenvalue weighted by molar-refractivity contribution is -0.143. The third-order valence-electron chi connectivity index (χ3n) is 12.3. The van der Waals surface area contributed by atoms with Gasteiger partial charge in [-0.3, -0.25) is 14.5 Å². The first-order chi connectivity index (χ1) is 25.6. The molecule has 3 heterocycles. The molecule has 0 radical (unpaired) electrons. The second kappa shape index (κ2) is 15.1. The van der Waals surface area contributed by atoms with Crippen LogP contribution in [0.1, 0.15) is 63.8 Å². The average molecular weight is 808 g/mol. The summed E-state index contributed by atoms with van der Waals surface area (Å²) in [7, 11) is -0.471. The van der Waals surface area contributed by atoms with E-state index in [0.29, 0.717) is 54.3 Å². The molecule has 2 atom stereocenters. The number of carbonyl (C=O) groups excluding carboxylic acids is 2. The van der Waals surface area contributed by atoms with Gasteiger partial charge in [-0.2, -0.15) is 39.4 Å². The van der Waals surface area contributed by atoms with Crippen LogP contribution in [0.2, 0.25) is 24.2 Å². The highest BCUT2D eigenvalue weighted by atomic mass is 28.3. The minimum absolute atomic E-state index is 0.00605. The normalized spacial score (nSPS) is 18.9. The van der Waals surface area contributed by atoms with Crippen LogP contribution in [0.4, 0.5) is 42.2 Å². The van der Waals surface area contributed by atoms with Crippen LogP contribution in [0.3, 0.4) is 0 Å². The van der Waals surface area contributed by atoms with E-state index in [9.17, 15) is 40.3 Å². The monoisotopic (exact) mass is 807 g/mol. The second-order valence-electron chi connectivity index (χ2n) is 17.6. The minimum atomic E-state index is -5.09. The first-order valence-corrected chi connectivity index (χ1v) is 21.9. The van der Waals surface area contributed by atoms with Crippen LogP contribution in [0.15, 0.2) is 48.7 Å². The number of benzene rings is 2.